The van der Waals surface area contributed by atoms with E-state index in [2.05, 4.69) is 4.90 Å². The van der Waals surface area contributed by atoms with Crippen molar-refractivity contribution in [1.82, 2.24) is 4.90 Å². The lowest BCUT2D eigenvalue weighted by atomic mass is 9.99. The van der Waals surface area contributed by atoms with Gasteiger partial charge in [0.15, 0.2) is 0 Å². The van der Waals surface area contributed by atoms with Crippen LogP contribution >= 0.6 is 0 Å². The number of aliphatic hydroxyl groups excluding tert-OH is 1. The van der Waals surface area contributed by atoms with E-state index in [9.17, 15) is 18.7 Å². The zero-order chi connectivity index (χ0) is 25.4. The number of rotatable bonds is 12. The summed E-state index contributed by atoms with van der Waals surface area (Å²) in [6.45, 7) is 7.11. The van der Waals surface area contributed by atoms with Crippen LogP contribution in [0.3, 0.4) is 0 Å². The van der Waals surface area contributed by atoms with Crippen LogP contribution in [-0.2, 0) is 27.1 Å². The van der Waals surface area contributed by atoms with Crippen LogP contribution in [0.25, 0.3) is 0 Å². The van der Waals surface area contributed by atoms with E-state index in [1.54, 1.807) is 32.0 Å². The molecule has 2 aromatic rings. The fourth-order valence-electron chi connectivity index (χ4n) is 4.71. The van der Waals surface area contributed by atoms with Gasteiger partial charge in [-0.25, -0.2) is 8.78 Å². The van der Waals surface area contributed by atoms with Gasteiger partial charge in [0.1, 0.15) is 11.6 Å². The molecule has 3 rings (SSSR count). The highest BCUT2D eigenvalue weighted by Crippen LogP contribution is 2.25. The van der Waals surface area contributed by atoms with Crippen molar-refractivity contribution in [3.05, 3.63) is 70.3 Å². The molecule has 0 bridgehead atoms. The molecule has 3 atom stereocenters. The van der Waals surface area contributed by atoms with Gasteiger partial charge in [0.2, 0.25) is 0 Å². The Morgan fingerprint density at radius 2 is 2.03 bits per heavy atom. The smallest absolute Gasteiger partial charge is 0.306 e. The number of esters is 1. The third kappa shape index (κ3) is 8.09. The number of likely N-dealkylation sites (tertiary alicyclic amines) is 1. The van der Waals surface area contributed by atoms with E-state index in [0.29, 0.717) is 30.7 Å². The van der Waals surface area contributed by atoms with Crippen molar-refractivity contribution in [3.8, 4) is 0 Å². The Labute approximate surface area is 207 Å². The molecule has 0 unspecified atom stereocenters. The summed E-state index contributed by atoms with van der Waals surface area (Å²) in [5.74, 6) is -0.850. The van der Waals surface area contributed by atoms with Crippen molar-refractivity contribution in [2.45, 2.75) is 71.1 Å². The van der Waals surface area contributed by atoms with Crippen molar-refractivity contribution >= 4 is 5.97 Å². The van der Waals surface area contributed by atoms with Crippen LogP contribution in [0.4, 0.5) is 8.78 Å². The van der Waals surface area contributed by atoms with Crippen LogP contribution in [0, 0.1) is 18.6 Å². The second-order valence-electron chi connectivity index (χ2n) is 9.36. The summed E-state index contributed by atoms with van der Waals surface area (Å²) < 4.78 is 38.8. The average molecular weight is 490 g/mol. The van der Waals surface area contributed by atoms with Gasteiger partial charge in [0.05, 0.1) is 25.4 Å². The molecule has 0 radical (unpaired) electrons. The summed E-state index contributed by atoms with van der Waals surface area (Å²) in [5.41, 5.74) is 3.10. The molecule has 0 amide bonds. The number of aliphatic hydroxyl groups is 1. The number of carbonyl (C=O) groups is 1. The maximum atomic E-state index is 13.9. The fourth-order valence-corrected chi connectivity index (χ4v) is 4.71. The second kappa shape index (κ2) is 13.1. The number of β-amino-alcohol motifs (C(OH)–C–C–N with tert-alkyl or cyclic N) is 1. The minimum atomic E-state index is -0.704. The second-order valence-corrected chi connectivity index (χ2v) is 9.36. The SMILES string of the molecule is CCOC(=O)CCc1ccc(F)cc1[C@@H](C)OC[C@@H](O)CN1CCC[C@H]1Cc1ccc(C)c(F)c1. The molecular formula is C28H37F2NO4. The average Bonchev–Trinajstić information content (AvgIpc) is 3.25. The Balaban J connectivity index is 1.53. The zero-order valence-electron chi connectivity index (χ0n) is 20.9. The topological polar surface area (TPSA) is 59.0 Å². The van der Waals surface area contributed by atoms with E-state index in [-0.39, 0.29) is 36.7 Å². The van der Waals surface area contributed by atoms with Crippen LogP contribution in [-0.4, -0.2) is 54.4 Å². The van der Waals surface area contributed by atoms with Gasteiger partial charge in [-0.2, -0.15) is 0 Å². The first-order chi connectivity index (χ1) is 16.8. The molecule has 192 valence electrons. The van der Waals surface area contributed by atoms with Crippen LogP contribution < -0.4 is 0 Å². The molecule has 1 aliphatic heterocycles. The molecule has 7 heteroatoms. The molecular weight excluding hydrogens is 452 g/mol. The van der Waals surface area contributed by atoms with Gasteiger partial charge in [-0.15, -0.1) is 0 Å². The summed E-state index contributed by atoms with van der Waals surface area (Å²) in [6.07, 6.45) is 2.28. The third-order valence-corrected chi connectivity index (χ3v) is 6.64. The van der Waals surface area contributed by atoms with E-state index < -0.39 is 12.2 Å². The zero-order valence-corrected chi connectivity index (χ0v) is 20.9. The van der Waals surface area contributed by atoms with Crippen LogP contribution in [0.15, 0.2) is 36.4 Å². The minimum absolute atomic E-state index is 0.109. The van der Waals surface area contributed by atoms with Gasteiger partial charge in [-0.3, -0.25) is 9.69 Å². The first kappa shape index (κ1) is 27.2. The lowest BCUT2D eigenvalue weighted by Gasteiger charge is -2.28. The van der Waals surface area contributed by atoms with Crippen molar-refractivity contribution < 1.29 is 28.2 Å². The number of aryl methyl sites for hydroxylation is 2. The Bertz CT molecular complexity index is 983. The molecule has 35 heavy (non-hydrogen) atoms. The normalized spacial score (nSPS) is 17.9. The van der Waals surface area contributed by atoms with Gasteiger partial charge in [-0.1, -0.05) is 18.2 Å². The van der Waals surface area contributed by atoms with Crippen molar-refractivity contribution in [2.24, 2.45) is 0 Å². The predicted molar refractivity (Wildman–Crippen MR) is 131 cm³/mol. The fraction of sp³-hybridized carbons (Fsp3) is 0.536. The molecule has 1 aliphatic rings. The van der Waals surface area contributed by atoms with E-state index in [0.717, 1.165) is 36.9 Å². The molecule has 0 spiro atoms. The Morgan fingerprint density at radius 1 is 1.23 bits per heavy atom. The van der Waals surface area contributed by atoms with Gasteiger partial charge in [-0.05, 0) is 93.5 Å². The first-order valence-electron chi connectivity index (χ1n) is 12.5. The van der Waals surface area contributed by atoms with Crippen LogP contribution in [0.5, 0.6) is 0 Å². The molecule has 5 nitrogen and oxygen atoms in total. The van der Waals surface area contributed by atoms with Gasteiger partial charge >= 0.3 is 5.97 Å². The maximum absolute atomic E-state index is 13.9. The molecule has 0 saturated carbocycles. The molecule has 0 aliphatic carbocycles. The van der Waals surface area contributed by atoms with Crippen LogP contribution in [0.1, 0.15) is 61.5 Å². The summed E-state index contributed by atoms with van der Waals surface area (Å²) in [5, 5.41) is 10.7. The Morgan fingerprint density at radius 3 is 2.77 bits per heavy atom. The lowest BCUT2D eigenvalue weighted by Crippen LogP contribution is -2.39. The van der Waals surface area contributed by atoms with Crippen molar-refractivity contribution in [3.63, 3.8) is 0 Å². The molecule has 1 saturated heterocycles. The molecule has 1 N–H and O–H groups in total. The number of hydrogen-bond acceptors (Lipinski definition) is 5. The maximum Gasteiger partial charge on any atom is 0.306 e. The van der Waals surface area contributed by atoms with Crippen molar-refractivity contribution in [1.29, 1.82) is 0 Å². The molecule has 1 heterocycles. The number of benzene rings is 2. The first-order valence-corrected chi connectivity index (χ1v) is 12.5. The highest BCUT2D eigenvalue weighted by Gasteiger charge is 2.27. The third-order valence-electron chi connectivity index (χ3n) is 6.64. The van der Waals surface area contributed by atoms with Gasteiger partial charge in [0.25, 0.3) is 0 Å². The van der Waals surface area contributed by atoms with Gasteiger partial charge in [0, 0.05) is 19.0 Å². The monoisotopic (exact) mass is 489 g/mol. The van der Waals surface area contributed by atoms with E-state index >= 15 is 0 Å². The lowest BCUT2D eigenvalue weighted by molar-refractivity contribution is -0.143. The highest BCUT2D eigenvalue weighted by molar-refractivity contribution is 5.69. The summed E-state index contributed by atoms with van der Waals surface area (Å²) in [6, 6.07) is 10.1. The Kier molecular flexibility index (Phi) is 10.2. The number of halogens is 2. The predicted octanol–water partition coefficient (Wildman–Crippen LogP) is 4.91. The van der Waals surface area contributed by atoms with E-state index in [1.165, 1.54) is 12.1 Å². The Hall–Kier alpha value is -2.35. The minimum Gasteiger partial charge on any atom is -0.466 e. The molecule has 2 aromatic carbocycles. The number of nitrogens with zero attached hydrogens (tertiary/aromatic N) is 1. The summed E-state index contributed by atoms with van der Waals surface area (Å²) in [7, 11) is 0. The summed E-state index contributed by atoms with van der Waals surface area (Å²) >= 11 is 0. The molecule has 0 aromatic heterocycles. The van der Waals surface area contributed by atoms with Crippen molar-refractivity contribution in [2.75, 3.05) is 26.3 Å². The van der Waals surface area contributed by atoms with E-state index in [1.807, 2.05) is 13.0 Å². The number of ether oxygens (including phenoxy) is 2. The van der Waals surface area contributed by atoms with Gasteiger partial charge < -0.3 is 14.6 Å². The standard InChI is InChI=1S/C28H37F2NO4/c1-4-34-28(33)12-10-22-9-11-23(29)16-26(22)20(3)35-18-25(32)17-31-13-5-6-24(31)14-21-8-7-19(2)27(30)15-21/h7-9,11,15-16,20,24-25,32H,4-6,10,12-14,17-18H2,1-3H3/t20-,24+,25+/m1/s1. The quantitative estimate of drug-likeness (QED) is 0.429. The van der Waals surface area contributed by atoms with Crippen LogP contribution in [0.2, 0.25) is 0 Å². The highest BCUT2D eigenvalue weighted by atomic mass is 19.1. The molecule has 1 fully saturated rings. The number of carbonyl (C=O) groups excluding carboxylic acids is 1. The largest absolute Gasteiger partial charge is 0.466 e. The summed E-state index contributed by atoms with van der Waals surface area (Å²) in [4.78, 5) is 14.0. The van der Waals surface area contributed by atoms with E-state index in [4.69, 9.17) is 9.47 Å². The number of hydrogen-bond donors (Lipinski definition) is 1.